The molecule has 66 valence electrons. The van der Waals surface area contributed by atoms with Gasteiger partial charge in [0.15, 0.2) is 6.29 Å². The van der Waals surface area contributed by atoms with Crippen LogP contribution >= 0.6 is 0 Å². The van der Waals surface area contributed by atoms with Crippen LogP contribution in [0.1, 0.15) is 20.8 Å². The van der Waals surface area contributed by atoms with Gasteiger partial charge in [-0.2, -0.15) is 0 Å². The standard InChI is InChI=1S/C8H8BNO3/c1-13-8(12)6-2-5(4-11)10-3-7(6)9/h2-4H,9H2,1H3. The van der Waals surface area contributed by atoms with Gasteiger partial charge < -0.3 is 4.74 Å². The van der Waals surface area contributed by atoms with E-state index < -0.39 is 5.97 Å². The zero-order chi connectivity index (χ0) is 9.84. The number of carbonyl (C=O) groups is 2. The maximum atomic E-state index is 11.1. The molecule has 0 atom stereocenters. The van der Waals surface area contributed by atoms with Gasteiger partial charge in [0, 0.05) is 6.20 Å². The molecule has 0 aliphatic rings. The fourth-order valence-corrected chi connectivity index (χ4v) is 0.934. The maximum Gasteiger partial charge on any atom is 0.337 e. The Morgan fingerprint density at radius 2 is 2.38 bits per heavy atom. The lowest BCUT2D eigenvalue weighted by Crippen LogP contribution is -2.18. The number of aldehydes is 1. The van der Waals surface area contributed by atoms with Crippen molar-refractivity contribution in [3.05, 3.63) is 23.5 Å². The lowest BCUT2D eigenvalue weighted by molar-refractivity contribution is 0.0602. The van der Waals surface area contributed by atoms with Crippen LogP contribution in [-0.4, -0.2) is 32.2 Å². The fraction of sp³-hybridized carbons (Fsp3) is 0.125. The number of rotatable bonds is 2. The number of methoxy groups -OCH3 is 1. The van der Waals surface area contributed by atoms with Crippen molar-refractivity contribution >= 4 is 25.6 Å². The highest BCUT2D eigenvalue weighted by molar-refractivity contribution is 6.36. The van der Waals surface area contributed by atoms with Gasteiger partial charge in [0.05, 0.1) is 12.7 Å². The van der Waals surface area contributed by atoms with Crippen LogP contribution in [0, 0.1) is 0 Å². The molecule has 0 amide bonds. The van der Waals surface area contributed by atoms with E-state index in [0.29, 0.717) is 17.3 Å². The normalized spacial score (nSPS) is 9.31. The van der Waals surface area contributed by atoms with Crippen LogP contribution in [0.15, 0.2) is 12.3 Å². The van der Waals surface area contributed by atoms with E-state index in [2.05, 4.69) is 9.72 Å². The molecule has 1 aromatic rings. The summed E-state index contributed by atoms with van der Waals surface area (Å²) in [4.78, 5) is 25.3. The molecule has 0 aromatic carbocycles. The number of esters is 1. The number of pyridine rings is 1. The number of aromatic nitrogens is 1. The average Bonchev–Trinajstić information content (AvgIpc) is 2.17. The molecule has 0 aliphatic heterocycles. The van der Waals surface area contributed by atoms with E-state index in [9.17, 15) is 9.59 Å². The van der Waals surface area contributed by atoms with Gasteiger partial charge in [-0.25, -0.2) is 4.79 Å². The molecule has 13 heavy (non-hydrogen) atoms. The Morgan fingerprint density at radius 1 is 1.69 bits per heavy atom. The van der Waals surface area contributed by atoms with Gasteiger partial charge in [0.25, 0.3) is 0 Å². The van der Waals surface area contributed by atoms with Crippen molar-refractivity contribution in [1.29, 1.82) is 0 Å². The van der Waals surface area contributed by atoms with E-state index in [-0.39, 0.29) is 5.69 Å². The first-order chi connectivity index (χ1) is 6.19. The summed E-state index contributed by atoms with van der Waals surface area (Å²) in [7, 11) is 3.02. The highest BCUT2D eigenvalue weighted by Crippen LogP contribution is 1.98. The van der Waals surface area contributed by atoms with Gasteiger partial charge in [0.1, 0.15) is 13.5 Å². The van der Waals surface area contributed by atoms with Crippen molar-refractivity contribution in [2.75, 3.05) is 7.11 Å². The molecule has 0 radical (unpaired) electrons. The van der Waals surface area contributed by atoms with E-state index in [1.54, 1.807) is 7.85 Å². The minimum atomic E-state index is -0.456. The summed E-state index contributed by atoms with van der Waals surface area (Å²) in [6.45, 7) is 0. The third-order valence-electron chi connectivity index (χ3n) is 1.65. The number of nitrogens with zero attached hydrogens (tertiary/aromatic N) is 1. The highest BCUT2D eigenvalue weighted by Gasteiger charge is 2.09. The van der Waals surface area contributed by atoms with Gasteiger partial charge in [-0.15, -0.1) is 0 Å². The number of carbonyl (C=O) groups excluding carboxylic acids is 2. The first-order valence-electron chi connectivity index (χ1n) is 3.69. The zero-order valence-electron chi connectivity index (χ0n) is 7.40. The molecule has 0 aliphatic carbocycles. The monoisotopic (exact) mass is 177 g/mol. The van der Waals surface area contributed by atoms with Crippen molar-refractivity contribution in [3.8, 4) is 0 Å². The van der Waals surface area contributed by atoms with E-state index in [0.717, 1.165) is 0 Å². The summed E-state index contributed by atoms with van der Waals surface area (Å²) in [5.74, 6) is -0.456. The molecule has 0 fully saturated rings. The Hall–Kier alpha value is -1.65. The molecule has 4 nitrogen and oxygen atoms in total. The van der Waals surface area contributed by atoms with Gasteiger partial charge in [-0.3, -0.25) is 9.78 Å². The van der Waals surface area contributed by atoms with Crippen molar-refractivity contribution < 1.29 is 14.3 Å². The second kappa shape index (κ2) is 3.84. The quantitative estimate of drug-likeness (QED) is 0.328. The molecule has 0 spiro atoms. The average molecular weight is 177 g/mol. The summed E-state index contributed by atoms with van der Waals surface area (Å²) < 4.78 is 4.53. The van der Waals surface area contributed by atoms with Gasteiger partial charge in [-0.1, -0.05) is 5.46 Å². The van der Waals surface area contributed by atoms with E-state index in [1.165, 1.54) is 19.4 Å². The predicted octanol–water partition coefficient (Wildman–Crippen LogP) is -1.06. The Balaban J connectivity index is 3.18. The maximum absolute atomic E-state index is 11.1. The van der Waals surface area contributed by atoms with Gasteiger partial charge >= 0.3 is 5.97 Å². The molecule has 0 saturated carbocycles. The summed E-state index contributed by atoms with van der Waals surface area (Å²) in [6, 6.07) is 1.41. The van der Waals surface area contributed by atoms with Crippen molar-refractivity contribution in [3.63, 3.8) is 0 Å². The number of hydrogen-bond acceptors (Lipinski definition) is 4. The SMILES string of the molecule is Bc1cnc(C=O)cc1C(=O)OC. The third-order valence-corrected chi connectivity index (χ3v) is 1.65. The Bertz CT molecular complexity index is 351. The Labute approximate surface area is 76.3 Å². The lowest BCUT2D eigenvalue weighted by atomic mass is 9.92. The Kier molecular flexibility index (Phi) is 2.79. The molecule has 1 rings (SSSR count). The summed E-state index contributed by atoms with van der Waals surface area (Å²) >= 11 is 0. The second-order valence-corrected chi connectivity index (χ2v) is 2.53. The largest absolute Gasteiger partial charge is 0.465 e. The van der Waals surface area contributed by atoms with E-state index >= 15 is 0 Å². The van der Waals surface area contributed by atoms with Crippen LogP contribution in [0.5, 0.6) is 0 Å². The van der Waals surface area contributed by atoms with Crippen molar-refractivity contribution in [2.45, 2.75) is 0 Å². The van der Waals surface area contributed by atoms with Crippen LogP contribution in [0.4, 0.5) is 0 Å². The topological polar surface area (TPSA) is 56.3 Å². The number of ether oxygens (including phenoxy) is 1. The summed E-state index contributed by atoms with van der Waals surface area (Å²) in [5.41, 5.74) is 1.29. The van der Waals surface area contributed by atoms with E-state index in [1.807, 2.05) is 0 Å². The van der Waals surface area contributed by atoms with E-state index in [4.69, 9.17) is 0 Å². The molecule has 0 bridgehead atoms. The number of hydrogen-bond donors (Lipinski definition) is 0. The molecular weight excluding hydrogens is 169 g/mol. The van der Waals surface area contributed by atoms with Gasteiger partial charge in [-0.05, 0) is 6.07 Å². The lowest BCUT2D eigenvalue weighted by Gasteiger charge is -2.02. The van der Waals surface area contributed by atoms with Crippen LogP contribution in [0.3, 0.4) is 0 Å². The molecule has 0 unspecified atom stereocenters. The molecule has 1 heterocycles. The van der Waals surface area contributed by atoms with Crippen LogP contribution in [0.25, 0.3) is 0 Å². The minimum absolute atomic E-state index is 0.228. The van der Waals surface area contributed by atoms with Crippen LogP contribution in [-0.2, 0) is 4.74 Å². The van der Waals surface area contributed by atoms with Crippen molar-refractivity contribution in [2.24, 2.45) is 0 Å². The second-order valence-electron chi connectivity index (χ2n) is 2.53. The third kappa shape index (κ3) is 1.93. The summed E-state index contributed by atoms with van der Waals surface area (Å²) in [5, 5.41) is 0. The Morgan fingerprint density at radius 3 is 2.92 bits per heavy atom. The fourth-order valence-electron chi connectivity index (χ4n) is 0.934. The first kappa shape index (κ1) is 9.44. The highest BCUT2D eigenvalue weighted by atomic mass is 16.5. The zero-order valence-corrected chi connectivity index (χ0v) is 7.40. The molecular formula is C8H8BNO3. The van der Waals surface area contributed by atoms with Gasteiger partial charge in [0.2, 0.25) is 0 Å². The van der Waals surface area contributed by atoms with Crippen molar-refractivity contribution in [1.82, 2.24) is 4.98 Å². The molecule has 0 saturated heterocycles. The minimum Gasteiger partial charge on any atom is -0.465 e. The summed E-state index contributed by atoms with van der Waals surface area (Å²) in [6.07, 6.45) is 2.06. The van der Waals surface area contributed by atoms with Crippen LogP contribution in [0.2, 0.25) is 0 Å². The first-order valence-corrected chi connectivity index (χ1v) is 3.69. The molecule has 0 N–H and O–H groups in total. The molecule has 1 aromatic heterocycles. The molecule has 5 heteroatoms. The predicted molar refractivity (Wildman–Crippen MR) is 49.1 cm³/mol. The van der Waals surface area contributed by atoms with Crippen LogP contribution < -0.4 is 5.46 Å². The smallest absolute Gasteiger partial charge is 0.337 e.